The van der Waals surface area contributed by atoms with Crippen molar-refractivity contribution in [1.29, 1.82) is 0 Å². The first-order chi connectivity index (χ1) is 10.9. The van der Waals surface area contributed by atoms with Gasteiger partial charge in [0.05, 0.1) is 7.11 Å². The first-order valence-electron chi connectivity index (χ1n) is 7.65. The van der Waals surface area contributed by atoms with Crippen molar-refractivity contribution in [2.45, 2.75) is 31.1 Å². The standard InChI is InChI=1S/C18H23NO3S/c1-14(2)16-10-8-15(9-11-16)12-13-19-23(20,21)18-7-5-4-6-17(18)22-3/h4-11,14,19H,12-13H2,1-3H3. The van der Waals surface area contributed by atoms with Crippen molar-refractivity contribution in [2.24, 2.45) is 0 Å². The monoisotopic (exact) mass is 333 g/mol. The van der Waals surface area contributed by atoms with E-state index in [0.717, 1.165) is 5.56 Å². The molecule has 0 amide bonds. The molecular formula is C18H23NO3S. The number of ether oxygens (including phenoxy) is 1. The van der Waals surface area contributed by atoms with Crippen LogP contribution < -0.4 is 9.46 Å². The van der Waals surface area contributed by atoms with Crippen LogP contribution in [0.25, 0.3) is 0 Å². The third kappa shape index (κ3) is 4.56. The minimum absolute atomic E-state index is 0.164. The number of methoxy groups -OCH3 is 1. The Morgan fingerprint density at radius 3 is 2.30 bits per heavy atom. The van der Waals surface area contributed by atoms with Crippen LogP contribution in [0.1, 0.15) is 30.9 Å². The first kappa shape index (κ1) is 17.5. The van der Waals surface area contributed by atoms with E-state index in [9.17, 15) is 8.42 Å². The molecule has 0 saturated carbocycles. The molecule has 0 bridgehead atoms. The van der Waals surface area contributed by atoms with Crippen molar-refractivity contribution < 1.29 is 13.2 Å². The maximum absolute atomic E-state index is 12.4. The fraction of sp³-hybridized carbons (Fsp3) is 0.333. The van der Waals surface area contributed by atoms with Crippen molar-refractivity contribution in [1.82, 2.24) is 4.72 Å². The van der Waals surface area contributed by atoms with Gasteiger partial charge in [0.25, 0.3) is 0 Å². The summed E-state index contributed by atoms with van der Waals surface area (Å²) in [5.74, 6) is 0.842. The molecule has 0 heterocycles. The molecule has 124 valence electrons. The van der Waals surface area contributed by atoms with Crippen LogP contribution in [0.3, 0.4) is 0 Å². The predicted molar refractivity (Wildman–Crippen MR) is 92.4 cm³/mol. The Morgan fingerprint density at radius 1 is 1.04 bits per heavy atom. The van der Waals surface area contributed by atoms with E-state index in [1.165, 1.54) is 12.7 Å². The molecule has 5 heteroatoms. The van der Waals surface area contributed by atoms with Crippen molar-refractivity contribution in [3.63, 3.8) is 0 Å². The van der Waals surface area contributed by atoms with Crippen LogP contribution in [0.4, 0.5) is 0 Å². The maximum Gasteiger partial charge on any atom is 0.244 e. The molecule has 0 aliphatic carbocycles. The van der Waals surface area contributed by atoms with Gasteiger partial charge in [-0.05, 0) is 35.6 Å². The van der Waals surface area contributed by atoms with E-state index >= 15 is 0 Å². The van der Waals surface area contributed by atoms with Gasteiger partial charge in [-0.1, -0.05) is 50.2 Å². The summed E-state index contributed by atoms with van der Waals surface area (Å²) >= 11 is 0. The minimum atomic E-state index is -3.57. The quantitative estimate of drug-likeness (QED) is 0.845. The van der Waals surface area contributed by atoms with Crippen LogP contribution in [-0.2, 0) is 16.4 Å². The van der Waals surface area contributed by atoms with Gasteiger partial charge in [0.1, 0.15) is 10.6 Å². The molecular weight excluding hydrogens is 310 g/mol. The van der Waals surface area contributed by atoms with Crippen molar-refractivity contribution in [3.05, 3.63) is 59.7 Å². The number of hydrogen-bond donors (Lipinski definition) is 1. The molecule has 0 fully saturated rings. The number of rotatable bonds is 7. The summed E-state index contributed by atoms with van der Waals surface area (Å²) < 4.78 is 32.4. The first-order valence-corrected chi connectivity index (χ1v) is 9.14. The van der Waals surface area contributed by atoms with Crippen LogP contribution in [0.15, 0.2) is 53.4 Å². The number of benzene rings is 2. The molecule has 2 aromatic rings. The average Bonchev–Trinajstić information content (AvgIpc) is 2.55. The third-order valence-corrected chi connectivity index (χ3v) is 5.21. The van der Waals surface area contributed by atoms with Crippen molar-refractivity contribution in [3.8, 4) is 5.75 Å². The van der Waals surface area contributed by atoms with Crippen molar-refractivity contribution in [2.75, 3.05) is 13.7 Å². The summed E-state index contributed by atoms with van der Waals surface area (Å²) in [7, 11) is -2.11. The average molecular weight is 333 g/mol. The Balaban J connectivity index is 2.00. The Kier molecular flexibility index (Phi) is 5.80. The lowest BCUT2D eigenvalue weighted by Gasteiger charge is -2.11. The highest BCUT2D eigenvalue weighted by molar-refractivity contribution is 7.89. The molecule has 0 aromatic heterocycles. The number of hydrogen-bond acceptors (Lipinski definition) is 3. The summed E-state index contributed by atoms with van der Waals surface area (Å²) in [5, 5.41) is 0. The van der Waals surface area contributed by atoms with Gasteiger partial charge in [0.2, 0.25) is 10.0 Å². The highest BCUT2D eigenvalue weighted by Gasteiger charge is 2.18. The summed E-state index contributed by atoms with van der Waals surface area (Å²) in [6, 6.07) is 14.9. The zero-order chi connectivity index (χ0) is 16.9. The second kappa shape index (κ2) is 7.62. The molecule has 0 aliphatic heterocycles. The molecule has 1 N–H and O–H groups in total. The van der Waals surface area contributed by atoms with Gasteiger partial charge in [0.15, 0.2) is 0 Å². The largest absolute Gasteiger partial charge is 0.495 e. The van der Waals surface area contributed by atoms with Crippen LogP contribution in [-0.4, -0.2) is 22.1 Å². The second-order valence-corrected chi connectivity index (χ2v) is 7.43. The summed E-state index contributed by atoms with van der Waals surface area (Å²) in [6.07, 6.45) is 0.646. The topological polar surface area (TPSA) is 55.4 Å². The Hall–Kier alpha value is -1.85. The molecule has 2 rings (SSSR count). The van der Waals surface area contributed by atoms with Gasteiger partial charge in [-0.2, -0.15) is 0 Å². The van der Waals surface area contributed by atoms with Gasteiger partial charge < -0.3 is 4.74 Å². The smallest absolute Gasteiger partial charge is 0.244 e. The Bertz CT molecular complexity index is 737. The zero-order valence-electron chi connectivity index (χ0n) is 13.7. The normalized spacial score (nSPS) is 11.7. The van der Waals surface area contributed by atoms with Crippen LogP contribution in [0, 0.1) is 0 Å². The lowest BCUT2D eigenvalue weighted by atomic mass is 10.0. The van der Waals surface area contributed by atoms with E-state index in [0.29, 0.717) is 24.6 Å². The fourth-order valence-electron chi connectivity index (χ4n) is 2.32. The highest BCUT2D eigenvalue weighted by atomic mass is 32.2. The van der Waals surface area contributed by atoms with Crippen LogP contribution >= 0.6 is 0 Å². The van der Waals surface area contributed by atoms with E-state index in [1.807, 2.05) is 12.1 Å². The fourth-order valence-corrected chi connectivity index (χ4v) is 3.52. The van der Waals surface area contributed by atoms with Gasteiger partial charge in [-0.15, -0.1) is 0 Å². The van der Waals surface area contributed by atoms with Crippen molar-refractivity contribution >= 4 is 10.0 Å². The highest BCUT2D eigenvalue weighted by Crippen LogP contribution is 2.22. The number of sulfonamides is 1. The van der Waals surface area contributed by atoms with E-state index in [1.54, 1.807) is 24.3 Å². The lowest BCUT2D eigenvalue weighted by molar-refractivity contribution is 0.402. The van der Waals surface area contributed by atoms with E-state index in [-0.39, 0.29) is 4.90 Å². The summed E-state index contributed by atoms with van der Waals surface area (Å²) in [5.41, 5.74) is 2.39. The summed E-state index contributed by atoms with van der Waals surface area (Å²) in [4.78, 5) is 0.164. The zero-order valence-corrected chi connectivity index (χ0v) is 14.6. The molecule has 0 atom stereocenters. The third-order valence-electron chi connectivity index (χ3n) is 3.71. The Labute approximate surface area is 138 Å². The van der Waals surface area contributed by atoms with Crippen LogP contribution in [0.2, 0.25) is 0 Å². The SMILES string of the molecule is COc1ccccc1S(=O)(=O)NCCc1ccc(C(C)C)cc1. The molecule has 0 unspecified atom stereocenters. The van der Waals surface area contributed by atoms with E-state index in [4.69, 9.17) is 4.74 Å². The lowest BCUT2D eigenvalue weighted by Crippen LogP contribution is -2.26. The molecule has 2 aromatic carbocycles. The van der Waals surface area contributed by atoms with Crippen LogP contribution in [0.5, 0.6) is 5.75 Å². The van der Waals surface area contributed by atoms with Gasteiger partial charge in [-0.25, -0.2) is 13.1 Å². The van der Waals surface area contributed by atoms with E-state index in [2.05, 4.69) is 30.7 Å². The molecule has 0 saturated heterocycles. The number of nitrogens with one attached hydrogen (secondary N) is 1. The molecule has 0 radical (unpaired) electrons. The second-order valence-electron chi connectivity index (χ2n) is 5.69. The van der Waals surface area contributed by atoms with Gasteiger partial charge in [-0.3, -0.25) is 0 Å². The predicted octanol–water partition coefficient (Wildman–Crippen LogP) is 3.34. The molecule has 4 nitrogen and oxygen atoms in total. The van der Waals surface area contributed by atoms with Gasteiger partial charge in [0, 0.05) is 6.54 Å². The molecule has 0 aliphatic rings. The summed E-state index contributed by atoms with van der Waals surface area (Å²) in [6.45, 7) is 4.65. The maximum atomic E-state index is 12.4. The minimum Gasteiger partial charge on any atom is -0.495 e. The molecule has 23 heavy (non-hydrogen) atoms. The Morgan fingerprint density at radius 2 is 1.70 bits per heavy atom. The van der Waals surface area contributed by atoms with E-state index < -0.39 is 10.0 Å². The number of para-hydroxylation sites is 1. The van der Waals surface area contributed by atoms with Gasteiger partial charge >= 0.3 is 0 Å². The molecule has 0 spiro atoms.